The Labute approximate surface area is 73.1 Å². The lowest BCUT2D eigenvalue weighted by Crippen LogP contribution is -2.08. The van der Waals surface area contributed by atoms with Crippen molar-refractivity contribution in [2.75, 3.05) is 0 Å². The van der Waals surface area contributed by atoms with Gasteiger partial charge < -0.3 is 0 Å². The molecule has 0 saturated heterocycles. The molecule has 0 amide bonds. The van der Waals surface area contributed by atoms with Crippen molar-refractivity contribution in [2.45, 2.75) is 13.0 Å². The smallest absolute Gasteiger partial charge is 0.161 e. The summed E-state index contributed by atoms with van der Waals surface area (Å²) in [5, 5.41) is 0. The molecule has 0 bridgehead atoms. The summed E-state index contributed by atoms with van der Waals surface area (Å²) in [6.07, 6.45) is -0.810. The molecule has 2 nitrogen and oxygen atoms in total. The second kappa shape index (κ2) is 3.76. The minimum absolute atomic E-state index is 0.110. The van der Waals surface area contributed by atoms with Crippen molar-refractivity contribution in [3.63, 3.8) is 0 Å². The third kappa shape index (κ3) is 1.99. The van der Waals surface area contributed by atoms with Crippen LogP contribution in [0.1, 0.15) is 18.6 Å². The second-order valence-electron chi connectivity index (χ2n) is 2.57. The van der Waals surface area contributed by atoms with E-state index in [9.17, 15) is 13.2 Å². The summed E-state index contributed by atoms with van der Waals surface area (Å²) >= 11 is 0. The molecule has 0 aliphatic carbocycles. The number of rotatable bonds is 2. The molecule has 0 radical (unpaired) electrons. The van der Waals surface area contributed by atoms with Crippen LogP contribution in [0.4, 0.5) is 13.2 Å². The van der Waals surface area contributed by atoms with Crippen LogP contribution in [0.3, 0.4) is 0 Å². The molecule has 13 heavy (non-hydrogen) atoms. The van der Waals surface area contributed by atoms with Crippen molar-refractivity contribution in [2.24, 2.45) is 5.90 Å². The Balaban J connectivity index is 3.15. The van der Waals surface area contributed by atoms with Gasteiger partial charge in [0.05, 0.1) is 0 Å². The van der Waals surface area contributed by atoms with E-state index in [1.807, 2.05) is 0 Å². The van der Waals surface area contributed by atoms with Crippen LogP contribution in [-0.2, 0) is 4.84 Å². The fourth-order valence-electron chi connectivity index (χ4n) is 0.923. The molecule has 1 aromatic rings. The van der Waals surface area contributed by atoms with Crippen LogP contribution in [0.15, 0.2) is 12.1 Å². The molecule has 1 aromatic carbocycles. The average Bonchev–Trinajstić information content (AvgIpc) is 2.10. The molecular formula is C8H8F3NO. The fraction of sp³-hybridized carbons (Fsp3) is 0.250. The molecule has 72 valence electrons. The summed E-state index contributed by atoms with van der Waals surface area (Å²) in [6, 6.07) is 1.18. The predicted molar refractivity (Wildman–Crippen MR) is 40.0 cm³/mol. The Hall–Kier alpha value is -1.07. The highest BCUT2D eigenvalue weighted by Crippen LogP contribution is 2.21. The summed E-state index contributed by atoms with van der Waals surface area (Å²) in [5.74, 6) is 1.54. The van der Waals surface area contributed by atoms with E-state index in [0.717, 1.165) is 6.07 Å². The van der Waals surface area contributed by atoms with Crippen LogP contribution in [0.5, 0.6) is 0 Å². The zero-order valence-corrected chi connectivity index (χ0v) is 6.85. The molecule has 0 aromatic heterocycles. The van der Waals surface area contributed by atoms with Crippen LogP contribution in [0.25, 0.3) is 0 Å². The lowest BCUT2D eigenvalue weighted by molar-refractivity contribution is 0.0635. The SMILES string of the molecule is CC(ON)c1cc(F)c(F)cc1F. The van der Waals surface area contributed by atoms with Crippen LogP contribution in [0.2, 0.25) is 0 Å². The van der Waals surface area contributed by atoms with Gasteiger partial charge in [0.15, 0.2) is 11.6 Å². The summed E-state index contributed by atoms with van der Waals surface area (Å²) < 4.78 is 38.0. The molecule has 0 aliphatic heterocycles. The highest BCUT2D eigenvalue weighted by Gasteiger charge is 2.14. The lowest BCUT2D eigenvalue weighted by Gasteiger charge is -2.09. The van der Waals surface area contributed by atoms with Gasteiger partial charge in [-0.05, 0) is 13.0 Å². The van der Waals surface area contributed by atoms with E-state index in [-0.39, 0.29) is 5.56 Å². The minimum atomic E-state index is -1.23. The van der Waals surface area contributed by atoms with Gasteiger partial charge in [0.25, 0.3) is 0 Å². The standard InChI is InChI=1S/C8H8F3NO/c1-4(13-12)5-2-7(10)8(11)3-6(5)9/h2-4H,12H2,1H3. The highest BCUT2D eigenvalue weighted by atomic mass is 19.2. The topological polar surface area (TPSA) is 35.2 Å². The maximum absolute atomic E-state index is 12.9. The van der Waals surface area contributed by atoms with Gasteiger partial charge in [-0.1, -0.05) is 0 Å². The van der Waals surface area contributed by atoms with Gasteiger partial charge in [-0.25, -0.2) is 19.1 Å². The predicted octanol–water partition coefficient (Wildman–Crippen LogP) is 2.06. The zero-order valence-electron chi connectivity index (χ0n) is 6.85. The second-order valence-corrected chi connectivity index (χ2v) is 2.57. The van der Waals surface area contributed by atoms with Crippen LogP contribution >= 0.6 is 0 Å². The molecule has 1 unspecified atom stereocenters. The van der Waals surface area contributed by atoms with Gasteiger partial charge >= 0.3 is 0 Å². The van der Waals surface area contributed by atoms with Gasteiger partial charge in [0, 0.05) is 11.6 Å². The van der Waals surface area contributed by atoms with Gasteiger partial charge in [0.1, 0.15) is 11.9 Å². The van der Waals surface area contributed by atoms with Crippen molar-refractivity contribution in [1.29, 1.82) is 0 Å². The molecule has 5 heteroatoms. The molecule has 2 N–H and O–H groups in total. The largest absolute Gasteiger partial charge is 0.297 e. The Kier molecular flexibility index (Phi) is 2.90. The first-order chi connectivity index (χ1) is 6.06. The van der Waals surface area contributed by atoms with E-state index < -0.39 is 23.6 Å². The van der Waals surface area contributed by atoms with Gasteiger partial charge in [0.2, 0.25) is 0 Å². The summed E-state index contributed by atoms with van der Waals surface area (Å²) in [5.41, 5.74) is -0.110. The van der Waals surface area contributed by atoms with Crippen molar-refractivity contribution in [1.82, 2.24) is 0 Å². The molecule has 0 fully saturated rings. The maximum atomic E-state index is 12.9. The third-order valence-corrected chi connectivity index (χ3v) is 1.68. The summed E-state index contributed by atoms with van der Waals surface area (Å²) in [4.78, 5) is 4.28. The van der Waals surface area contributed by atoms with E-state index in [0.29, 0.717) is 6.07 Å². The zero-order chi connectivity index (χ0) is 10.0. The monoisotopic (exact) mass is 191 g/mol. The number of benzene rings is 1. The van der Waals surface area contributed by atoms with E-state index in [2.05, 4.69) is 4.84 Å². The Morgan fingerprint density at radius 1 is 1.15 bits per heavy atom. The maximum Gasteiger partial charge on any atom is 0.161 e. The summed E-state index contributed by atoms with van der Waals surface area (Å²) in [7, 11) is 0. The number of hydrogen-bond donors (Lipinski definition) is 1. The van der Waals surface area contributed by atoms with Crippen LogP contribution < -0.4 is 5.90 Å². The number of hydrogen-bond acceptors (Lipinski definition) is 2. The van der Waals surface area contributed by atoms with Gasteiger partial charge in [-0.2, -0.15) is 0 Å². The molecular weight excluding hydrogens is 183 g/mol. The van der Waals surface area contributed by atoms with E-state index in [1.54, 1.807) is 0 Å². The third-order valence-electron chi connectivity index (χ3n) is 1.68. The first kappa shape index (κ1) is 10.0. The highest BCUT2D eigenvalue weighted by molar-refractivity contribution is 5.21. The van der Waals surface area contributed by atoms with Gasteiger partial charge in [-0.3, -0.25) is 4.84 Å². The fourth-order valence-corrected chi connectivity index (χ4v) is 0.923. The molecule has 0 heterocycles. The van der Waals surface area contributed by atoms with Crippen LogP contribution in [0, 0.1) is 17.5 Å². The van der Waals surface area contributed by atoms with Crippen LogP contribution in [-0.4, -0.2) is 0 Å². The summed E-state index contributed by atoms with van der Waals surface area (Å²) in [6.45, 7) is 1.43. The van der Waals surface area contributed by atoms with Crippen molar-refractivity contribution in [3.8, 4) is 0 Å². The molecule has 0 saturated carbocycles. The Bertz CT molecular complexity index is 317. The van der Waals surface area contributed by atoms with E-state index in [1.165, 1.54) is 6.92 Å². The molecule has 0 aliphatic rings. The molecule has 0 spiro atoms. The Morgan fingerprint density at radius 3 is 2.23 bits per heavy atom. The normalized spacial score (nSPS) is 13.0. The van der Waals surface area contributed by atoms with Gasteiger partial charge in [-0.15, -0.1) is 0 Å². The average molecular weight is 191 g/mol. The van der Waals surface area contributed by atoms with E-state index in [4.69, 9.17) is 5.90 Å². The minimum Gasteiger partial charge on any atom is -0.297 e. The van der Waals surface area contributed by atoms with Crippen molar-refractivity contribution < 1.29 is 18.0 Å². The molecule has 1 atom stereocenters. The van der Waals surface area contributed by atoms with E-state index >= 15 is 0 Å². The first-order valence-corrected chi connectivity index (χ1v) is 3.56. The van der Waals surface area contributed by atoms with Crippen molar-refractivity contribution in [3.05, 3.63) is 35.1 Å². The first-order valence-electron chi connectivity index (χ1n) is 3.56. The Morgan fingerprint density at radius 2 is 1.69 bits per heavy atom. The molecule has 1 rings (SSSR count). The number of nitrogens with two attached hydrogens (primary N) is 1. The quantitative estimate of drug-likeness (QED) is 0.573. The number of halogens is 3. The van der Waals surface area contributed by atoms with Crippen molar-refractivity contribution >= 4 is 0 Å². The lowest BCUT2D eigenvalue weighted by atomic mass is 10.1.